The van der Waals surface area contributed by atoms with Crippen molar-refractivity contribution < 1.29 is 58.5 Å². The molecule has 0 saturated heterocycles. The van der Waals surface area contributed by atoms with E-state index < -0.39 is 109 Å². The highest BCUT2D eigenvalue weighted by Crippen LogP contribution is 2.14. The van der Waals surface area contributed by atoms with E-state index in [1.165, 1.54) is 36.8 Å². The molecule has 0 aliphatic rings. The lowest BCUT2D eigenvalue weighted by Crippen LogP contribution is -2.60. The number of aromatic hydroxyl groups is 1. The van der Waals surface area contributed by atoms with Gasteiger partial charge in [-0.2, -0.15) is 0 Å². The lowest BCUT2D eigenvalue weighted by atomic mass is 9.97. The second kappa shape index (κ2) is 30.7. The average Bonchev–Trinajstić information content (AvgIpc) is 3.82. The predicted octanol–water partition coefficient (Wildman–Crippen LogP) is -1.84. The standard InChI is InChI=1S/C45H72N12O12/c1-5-26(4)38(48)44(67)57-32(18-25(2)3)39(62)50-23-36(59)52-34(20-28-22-49-24-51-28)42(65)53-30(10-6-8-16-46)40(63)56-35(21-37(60)61)43(66)55-33(19-27-12-14-29(58)15-13-27)41(64)54-31(45(68)69)11-7-9-17-47/h12-15,22,24-26,30-35,38,58H,5-11,16-21,23,46-48H2,1-4H3,(H,49,51)(H,50,62)(H,52,59)(H,53,65)(H,54,64)(H,55,66)(H,56,63)(H,57,67)(H,60,61)(H,68,69)/t26-,30-,31-,32-,33-,34-,35-,38-/m0/s1. The average molecular weight is 973 g/mol. The van der Waals surface area contributed by atoms with E-state index in [9.17, 15) is 58.5 Å². The first-order chi connectivity index (χ1) is 32.7. The minimum atomic E-state index is -1.84. The number of aliphatic carboxylic acids is 2. The lowest BCUT2D eigenvalue weighted by molar-refractivity contribution is -0.143. The molecule has 0 aliphatic heterocycles. The Labute approximate surface area is 401 Å². The number of benzene rings is 1. The summed E-state index contributed by atoms with van der Waals surface area (Å²) in [6, 6.07) is -3.84. The maximum atomic E-state index is 14.0. The molecular formula is C45H72N12O12. The number of unbranched alkanes of at least 4 members (excludes halogenated alkanes) is 2. The molecule has 17 N–H and O–H groups in total. The van der Waals surface area contributed by atoms with Gasteiger partial charge >= 0.3 is 11.9 Å². The summed E-state index contributed by atoms with van der Waals surface area (Å²) >= 11 is 0. The van der Waals surface area contributed by atoms with Gasteiger partial charge in [0.15, 0.2) is 0 Å². The second-order valence-electron chi connectivity index (χ2n) is 17.3. The van der Waals surface area contributed by atoms with Crippen molar-refractivity contribution in [1.29, 1.82) is 0 Å². The highest BCUT2D eigenvalue weighted by atomic mass is 16.4. The quantitative estimate of drug-likeness (QED) is 0.0350. The maximum absolute atomic E-state index is 14.0. The number of carboxylic acid groups (broad SMARTS) is 2. The van der Waals surface area contributed by atoms with Crippen molar-refractivity contribution in [2.45, 2.75) is 141 Å². The minimum absolute atomic E-state index is 0.0184. The van der Waals surface area contributed by atoms with Gasteiger partial charge in [-0.1, -0.05) is 46.2 Å². The summed E-state index contributed by atoms with van der Waals surface area (Å²) < 4.78 is 0. The zero-order chi connectivity index (χ0) is 51.6. The van der Waals surface area contributed by atoms with Crippen LogP contribution in [0.2, 0.25) is 0 Å². The third-order valence-corrected chi connectivity index (χ3v) is 11.1. The van der Waals surface area contributed by atoms with Gasteiger partial charge in [-0.15, -0.1) is 0 Å². The molecule has 69 heavy (non-hydrogen) atoms. The molecule has 384 valence electrons. The first-order valence-electron chi connectivity index (χ1n) is 23.1. The Balaban J connectivity index is 2.36. The minimum Gasteiger partial charge on any atom is -0.508 e. The molecule has 0 fully saturated rings. The number of hydrogen-bond acceptors (Lipinski definition) is 14. The number of aromatic nitrogens is 2. The zero-order valence-electron chi connectivity index (χ0n) is 39.8. The van der Waals surface area contributed by atoms with Crippen LogP contribution >= 0.6 is 0 Å². The van der Waals surface area contributed by atoms with Crippen LogP contribution in [0.15, 0.2) is 36.8 Å². The molecular weight excluding hydrogens is 901 g/mol. The fraction of sp³-hybridized carbons (Fsp3) is 0.600. The number of phenolic OH excluding ortho intramolecular Hbond substituents is 1. The van der Waals surface area contributed by atoms with Crippen LogP contribution in [0.25, 0.3) is 0 Å². The fourth-order valence-electron chi connectivity index (χ4n) is 6.91. The Morgan fingerprint density at radius 3 is 1.71 bits per heavy atom. The van der Waals surface area contributed by atoms with Crippen LogP contribution in [0.4, 0.5) is 0 Å². The van der Waals surface area contributed by atoms with Gasteiger partial charge in [-0.05, 0) is 87.6 Å². The highest BCUT2D eigenvalue weighted by molar-refractivity contribution is 5.98. The normalized spacial score (nSPS) is 14.6. The summed E-state index contributed by atoms with van der Waals surface area (Å²) in [6.07, 6.45) is 3.67. The van der Waals surface area contributed by atoms with E-state index in [1.54, 1.807) is 0 Å². The van der Waals surface area contributed by atoms with Crippen LogP contribution < -0.4 is 54.4 Å². The van der Waals surface area contributed by atoms with Crippen LogP contribution in [-0.2, 0) is 56.0 Å². The first kappa shape index (κ1) is 58.5. The van der Waals surface area contributed by atoms with Crippen LogP contribution in [0, 0.1) is 11.8 Å². The number of phenols is 1. The number of aromatic amines is 1. The van der Waals surface area contributed by atoms with Gasteiger partial charge in [0.05, 0.1) is 25.3 Å². The zero-order valence-corrected chi connectivity index (χ0v) is 39.8. The number of nitrogens with two attached hydrogens (primary N) is 3. The summed E-state index contributed by atoms with van der Waals surface area (Å²) in [5.74, 6) is -9.10. The maximum Gasteiger partial charge on any atom is 0.326 e. The van der Waals surface area contributed by atoms with Gasteiger partial charge in [0.1, 0.15) is 42.0 Å². The van der Waals surface area contributed by atoms with Crippen LogP contribution in [0.3, 0.4) is 0 Å². The summed E-state index contributed by atoms with van der Waals surface area (Å²) in [5.41, 5.74) is 18.1. The Bertz CT molecular complexity index is 1990. The van der Waals surface area contributed by atoms with Gasteiger partial charge in [-0.3, -0.25) is 38.4 Å². The molecule has 8 atom stereocenters. The summed E-state index contributed by atoms with van der Waals surface area (Å²) in [4.78, 5) is 126. The molecule has 0 radical (unpaired) electrons. The summed E-state index contributed by atoms with van der Waals surface area (Å²) in [7, 11) is 0. The molecule has 2 aromatic rings. The number of carbonyl (C=O) groups is 9. The molecule has 0 aliphatic carbocycles. The lowest BCUT2D eigenvalue weighted by Gasteiger charge is -2.27. The molecule has 24 nitrogen and oxygen atoms in total. The van der Waals surface area contributed by atoms with Crippen molar-refractivity contribution in [2.24, 2.45) is 29.0 Å². The van der Waals surface area contributed by atoms with Crippen molar-refractivity contribution >= 4 is 53.3 Å². The molecule has 2 rings (SSSR count). The van der Waals surface area contributed by atoms with Gasteiger partial charge in [0.25, 0.3) is 0 Å². The molecule has 1 aromatic carbocycles. The van der Waals surface area contributed by atoms with Gasteiger partial charge < -0.3 is 74.7 Å². The van der Waals surface area contributed by atoms with E-state index in [0.29, 0.717) is 36.9 Å². The van der Waals surface area contributed by atoms with E-state index in [1.807, 2.05) is 27.7 Å². The molecule has 1 heterocycles. The number of hydrogen-bond donors (Lipinski definition) is 14. The van der Waals surface area contributed by atoms with E-state index in [2.05, 4.69) is 47.2 Å². The molecule has 0 saturated carbocycles. The Morgan fingerprint density at radius 1 is 0.652 bits per heavy atom. The monoisotopic (exact) mass is 973 g/mol. The molecule has 0 spiro atoms. The number of carbonyl (C=O) groups excluding carboxylic acids is 7. The van der Waals surface area contributed by atoms with E-state index in [-0.39, 0.29) is 69.2 Å². The van der Waals surface area contributed by atoms with Crippen molar-refractivity contribution in [3.63, 3.8) is 0 Å². The summed E-state index contributed by atoms with van der Waals surface area (Å²) in [5, 5.41) is 46.9. The fourth-order valence-corrected chi connectivity index (χ4v) is 6.91. The number of amides is 7. The van der Waals surface area contributed by atoms with Crippen LogP contribution in [0.5, 0.6) is 5.75 Å². The largest absolute Gasteiger partial charge is 0.508 e. The van der Waals surface area contributed by atoms with Gasteiger partial charge in [0.2, 0.25) is 41.4 Å². The number of imidazole rings is 1. The van der Waals surface area contributed by atoms with Gasteiger partial charge in [-0.25, -0.2) is 9.78 Å². The first-order valence-corrected chi connectivity index (χ1v) is 23.1. The number of carboxylic acids is 2. The topological polar surface area (TPSA) is 405 Å². The van der Waals surface area contributed by atoms with E-state index in [0.717, 1.165) is 0 Å². The number of nitrogens with zero attached hydrogens (tertiary/aromatic N) is 1. The van der Waals surface area contributed by atoms with Crippen molar-refractivity contribution in [3.05, 3.63) is 48.0 Å². The third kappa shape index (κ3) is 21.9. The van der Waals surface area contributed by atoms with Gasteiger partial charge in [0, 0.05) is 24.7 Å². The Hall–Kier alpha value is -6.66. The molecule has 24 heteroatoms. The van der Waals surface area contributed by atoms with E-state index in [4.69, 9.17) is 17.2 Å². The SMILES string of the molecule is CC[C@H](C)[C@H](N)C(=O)N[C@@H](CC(C)C)C(=O)NCC(=O)N[C@@H](Cc1cnc[nH]1)C(=O)N[C@@H](CCCCN)C(=O)N[C@@H](CC(=O)O)C(=O)N[C@@H](Cc1ccc(O)cc1)C(=O)N[C@@H](CCCCN)C(=O)O. The third-order valence-electron chi connectivity index (χ3n) is 11.1. The number of H-pyrrole nitrogens is 1. The van der Waals surface area contributed by atoms with Crippen LogP contribution in [0.1, 0.15) is 96.7 Å². The predicted molar refractivity (Wildman–Crippen MR) is 251 cm³/mol. The Morgan fingerprint density at radius 2 is 1.17 bits per heavy atom. The second-order valence-corrected chi connectivity index (χ2v) is 17.3. The molecule has 0 bridgehead atoms. The highest BCUT2D eigenvalue weighted by Gasteiger charge is 2.34. The molecule has 0 unspecified atom stereocenters. The number of nitrogens with one attached hydrogen (secondary N) is 8. The van der Waals surface area contributed by atoms with Crippen molar-refractivity contribution in [3.8, 4) is 5.75 Å². The van der Waals surface area contributed by atoms with Crippen LogP contribution in [-0.4, -0.2) is 141 Å². The Kier molecular flexibility index (Phi) is 26.0. The van der Waals surface area contributed by atoms with Crippen molar-refractivity contribution in [1.82, 2.24) is 47.2 Å². The number of rotatable bonds is 33. The van der Waals surface area contributed by atoms with E-state index >= 15 is 0 Å². The van der Waals surface area contributed by atoms with Crippen molar-refractivity contribution in [2.75, 3.05) is 19.6 Å². The summed E-state index contributed by atoms with van der Waals surface area (Å²) in [6.45, 7) is 7.27. The molecule has 7 amide bonds. The molecule has 1 aromatic heterocycles. The smallest absolute Gasteiger partial charge is 0.326 e.